The number of hydrogen-bond donors (Lipinski definition) is 0. The second-order valence-corrected chi connectivity index (χ2v) is 9.77. The average molecular weight is 460 g/mol. The van der Waals surface area contributed by atoms with Gasteiger partial charge >= 0.3 is 0 Å². The topological polar surface area (TPSA) is 4.93 Å². The summed E-state index contributed by atoms with van der Waals surface area (Å²) in [5.74, 6) is 0. The van der Waals surface area contributed by atoms with Crippen LogP contribution >= 0.6 is 22.9 Å². The fourth-order valence-corrected chi connectivity index (χ4v) is 6.59. The fraction of sp³-hybridized carbons (Fsp3) is 0. The highest BCUT2D eigenvalue weighted by molar-refractivity contribution is 7.26. The Balaban J connectivity index is 1.43. The number of fused-ring (bicyclic) bond motifs is 6. The molecule has 0 aliphatic rings. The highest BCUT2D eigenvalue weighted by atomic mass is 35.5. The Morgan fingerprint density at radius 3 is 1.88 bits per heavy atom. The van der Waals surface area contributed by atoms with Gasteiger partial charge in [0.2, 0.25) is 0 Å². The predicted molar refractivity (Wildman–Crippen MR) is 144 cm³/mol. The van der Waals surface area contributed by atoms with Gasteiger partial charge in [0, 0.05) is 41.7 Å². The second-order valence-electron chi connectivity index (χ2n) is 8.31. The molecule has 0 atom stereocenters. The Kier molecular flexibility index (Phi) is 4.14. The van der Waals surface area contributed by atoms with Crippen LogP contribution in [0.25, 0.3) is 58.8 Å². The lowest BCUT2D eigenvalue weighted by atomic mass is 10.0. The van der Waals surface area contributed by atoms with E-state index in [1.54, 1.807) is 0 Å². The van der Waals surface area contributed by atoms with E-state index in [9.17, 15) is 0 Å². The van der Waals surface area contributed by atoms with Crippen LogP contribution in [0, 0.1) is 0 Å². The number of rotatable bonds is 2. The van der Waals surface area contributed by atoms with Crippen molar-refractivity contribution in [3.63, 3.8) is 0 Å². The van der Waals surface area contributed by atoms with E-state index < -0.39 is 0 Å². The van der Waals surface area contributed by atoms with Crippen LogP contribution in [0.3, 0.4) is 0 Å². The van der Waals surface area contributed by atoms with Crippen LogP contribution in [0.2, 0.25) is 5.02 Å². The molecule has 156 valence electrons. The first kappa shape index (κ1) is 18.9. The molecule has 5 aromatic carbocycles. The lowest BCUT2D eigenvalue weighted by molar-refractivity contribution is 1.18. The van der Waals surface area contributed by atoms with Crippen LogP contribution in [0.15, 0.2) is 109 Å². The number of hydrogen-bond acceptors (Lipinski definition) is 1. The van der Waals surface area contributed by atoms with Crippen molar-refractivity contribution in [1.82, 2.24) is 4.57 Å². The van der Waals surface area contributed by atoms with Gasteiger partial charge in [-0.2, -0.15) is 0 Å². The molecule has 2 aromatic heterocycles. The monoisotopic (exact) mass is 459 g/mol. The molecule has 0 amide bonds. The lowest BCUT2D eigenvalue weighted by Gasteiger charge is -2.10. The Labute approximate surface area is 200 Å². The van der Waals surface area contributed by atoms with E-state index in [0.717, 1.165) is 16.1 Å². The van der Waals surface area contributed by atoms with Crippen LogP contribution in [0.5, 0.6) is 0 Å². The minimum Gasteiger partial charge on any atom is -0.309 e. The van der Waals surface area contributed by atoms with E-state index in [-0.39, 0.29) is 0 Å². The molecular formula is C30H18ClNS. The third-order valence-electron chi connectivity index (χ3n) is 6.49. The summed E-state index contributed by atoms with van der Waals surface area (Å²) in [5.41, 5.74) is 6.05. The Morgan fingerprint density at radius 2 is 1.18 bits per heavy atom. The van der Waals surface area contributed by atoms with Crippen molar-refractivity contribution < 1.29 is 0 Å². The van der Waals surface area contributed by atoms with Crippen molar-refractivity contribution in [1.29, 1.82) is 0 Å². The molecule has 0 radical (unpaired) electrons. The highest BCUT2D eigenvalue weighted by Gasteiger charge is 2.15. The number of aromatic nitrogens is 1. The van der Waals surface area contributed by atoms with E-state index in [4.69, 9.17) is 11.6 Å². The van der Waals surface area contributed by atoms with Crippen molar-refractivity contribution in [2.24, 2.45) is 0 Å². The highest BCUT2D eigenvalue weighted by Crippen LogP contribution is 2.43. The zero-order valence-electron chi connectivity index (χ0n) is 17.6. The van der Waals surface area contributed by atoms with E-state index in [1.165, 1.54) is 47.7 Å². The van der Waals surface area contributed by atoms with Gasteiger partial charge in [-0.15, -0.1) is 11.3 Å². The molecule has 7 aromatic rings. The lowest BCUT2D eigenvalue weighted by Crippen LogP contribution is -1.93. The third kappa shape index (κ3) is 2.78. The molecule has 0 saturated heterocycles. The van der Waals surface area contributed by atoms with Gasteiger partial charge in [-0.3, -0.25) is 0 Å². The molecule has 7 rings (SSSR count). The van der Waals surface area contributed by atoms with Gasteiger partial charge < -0.3 is 4.57 Å². The second kappa shape index (κ2) is 7.21. The van der Waals surface area contributed by atoms with Crippen LogP contribution in [0.1, 0.15) is 0 Å². The van der Waals surface area contributed by atoms with Crippen molar-refractivity contribution in [3.05, 3.63) is 114 Å². The van der Waals surface area contributed by atoms with Gasteiger partial charge in [-0.1, -0.05) is 84.4 Å². The zero-order chi connectivity index (χ0) is 21.9. The molecule has 33 heavy (non-hydrogen) atoms. The normalized spacial score (nSPS) is 11.8. The first-order chi connectivity index (χ1) is 16.3. The van der Waals surface area contributed by atoms with E-state index in [0.29, 0.717) is 0 Å². The largest absolute Gasteiger partial charge is 0.309 e. The molecule has 0 bridgehead atoms. The SMILES string of the molecule is Clc1ccc(-c2ccc(-n3c4ccccc4c4ccccc43)cc2)c2sc3ccccc3c12. The predicted octanol–water partition coefficient (Wildman–Crippen LogP) is 9.47. The summed E-state index contributed by atoms with van der Waals surface area (Å²) in [4.78, 5) is 0. The fourth-order valence-electron chi connectivity index (χ4n) is 5.01. The van der Waals surface area contributed by atoms with E-state index in [2.05, 4.69) is 108 Å². The van der Waals surface area contributed by atoms with Crippen molar-refractivity contribution in [3.8, 4) is 16.8 Å². The van der Waals surface area contributed by atoms with Gasteiger partial charge in [0.1, 0.15) is 0 Å². The van der Waals surface area contributed by atoms with Crippen LogP contribution < -0.4 is 0 Å². The van der Waals surface area contributed by atoms with Gasteiger partial charge in [-0.25, -0.2) is 0 Å². The molecule has 1 nitrogen and oxygen atoms in total. The third-order valence-corrected chi connectivity index (χ3v) is 8.01. The standard InChI is InChI=1S/C30H18ClNS/c31-25-18-17-21(30-29(25)24-9-3-6-12-28(24)33-30)19-13-15-20(16-14-19)32-26-10-4-1-7-22(26)23-8-2-5-11-27(23)32/h1-18H. The summed E-state index contributed by atoms with van der Waals surface area (Å²) in [6.07, 6.45) is 0. The van der Waals surface area contributed by atoms with Gasteiger partial charge in [-0.05, 0) is 47.5 Å². The van der Waals surface area contributed by atoms with Crippen LogP contribution in [-0.2, 0) is 0 Å². The number of thiophene rings is 1. The smallest absolute Gasteiger partial charge is 0.0541 e. The molecular weight excluding hydrogens is 442 g/mol. The summed E-state index contributed by atoms with van der Waals surface area (Å²) in [7, 11) is 0. The van der Waals surface area contributed by atoms with E-state index >= 15 is 0 Å². The number of halogens is 1. The van der Waals surface area contributed by atoms with Gasteiger partial charge in [0.15, 0.2) is 0 Å². The summed E-state index contributed by atoms with van der Waals surface area (Å²) in [5, 5.41) is 5.75. The van der Waals surface area contributed by atoms with Crippen molar-refractivity contribution in [2.45, 2.75) is 0 Å². The molecule has 0 fully saturated rings. The minimum absolute atomic E-state index is 0.813. The zero-order valence-corrected chi connectivity index (χ0v) is 19.2. The van der Waals surface area contributed by atoms with E-state index in [1.807, 2.05) is 17.4 Å². The van der Waals surface area contributed by atoms with Crippen LogP contribution in [-0.4, -0.2) is 4.57 Å². The van der Waals surface area contributed by atoms with Gasteiger partial charge in [0.05, 0.1) is 11.0 Å². The molecule has 0 aliphatic carbocycles. The summed E-state index contributed by atoms with van der Waals surface area (Å²) >= 11 is 8.46. The maximum Gasteiger partial charge on any atom is 0.0541 e. The van der Waals surface area contributed by atoms with Crippen molar-refractivity contribution in [2.75, 3.05) is 0 Å². The Hall–Kier alpha value is -3.59. The Morgan fingerprint density at radius 1 is 0.576 bits per heavy atom. The van der Waals surface area contributed by atoms with Gasteiger partial charge in [0.25, 0.3) is 0 Å². The summed E-state index contributed by atoms with van der Waals surface area (Å²) < 4.78 is 4.86. The number of para-hydroxylation sites is 2. The molecule has 0 aliphatic heterocycles. The molecule has 0 spiro atoms. The maximum atomic E-state index is 6.64. The summed E-state index contributed by atoms with van der Waals surface area (Å²) in [6.45, 7) is 0. The maximum absolute atomic E-state index is 6.64. The van der Waals surface area contributed by atoms with Crippen LogP contribution in [0.4, 0.5) is 0 Å². The average Bonchev–Trinajstić information content (AvgIpc) is 3.42. The minimum atomic E-state index is 0.813. The molecule has 0 saturated carbocycles. The number of nitrogens with zero attached hydrogens (tertiary/aromatic N) is 1. The van der Waals surface area contributed by atoms with Crippen molar-refractivity contribution >= 4 is 64.9 Å². The first-order valence-corrected chi connectivity index (χ1v) is 12.2. The quantitative estimate of drug-likeness (QED) is 0.242. The Bertz CT molecular complexity index is 1770. The molecule has 0 unspecified atom stereocenters. The first-order valence-electron chi connectivity index (χ1n) is 11.0. The molecule has 3 heteroatoms. The molecule has 2 heterocycles. The number of benzene rings is 5. The molecule has 0 N–H and O–H groups in total. The summed E-state index contributed by atoms with van der Waals surface area (Å²) in [6, 6.07) is 38.8.